The maximum absolute atomic E-state index is 12.3. The number of imidazole rings is 1. The number of aliphatic hydroxyl groups excluding tert-OH is 2. The lowest BCUT2D eigenvalue weighted by Gasteiger charge is -2.22. The van der Waals surface area contributed by atoms with Crippen LogP contribution in [0.4, 0.5) is 5.95 Å². The predicted octanol–water partition coefficient (Wildman–Crippen LogP) is 0.225. The van der Waals surface area contributed by atoms with E-state index in [0.29, 0.717) is 6.42 Å². The van der Waals surface area contributed by atoms with Crippen LogP contribution >= 0.6 is 0 Å². The van der Waals surface area contributed by atoms with Gasteiger partial charge in [-0.3, -0.25) is 19.1 Å². The van der Waals surface area contributed by atoms with E-state index in [-0.39, 0.29) is 23.5 Å². The Morgan fingerprint density at radius 2 is 2.14 bits per heavy atom. The standard InChI is InChI=1S/C18H27N5O6/c1-2-3-4-5-6-7-11(25)29-14-13(26)10(8-24)28-17(14)23-9-20-12-15(23)21-18(19)22-16(12)27/h9-10,13-14,17,24,26H,2-8H2,1H3,(H3,19,21,22,27). The number of carbonyl (C=O) groups excluding carboxylic acids is 1. The highest BCUT2D eigenvalue weighted by Gasteiger charge is 2.47. The van der Waals surface area contributed by atoms with Crippen LogP contribution in [0.2, 0.25) is 0 Å². The summed E-state index contributed by atoms with van der Waals surface area (Å²) >= 11 is 0. The molecule has 3 rings (SSSR count). The molecular weight excluding hydrogens is 382 g/mol. The first kappa shape index (κ1) is 21.2. The van der Waals surface area contributed by atoms with Crippen molar-refractivity contribution in [3.05, 3.63) is 16.7 Å². The van der Waals surface area contributed by atoms with Crippen LogP contribution in [0, 0.1) is 0 Å². The Bertz CT molecular complexity index is 896. The van der Waals surface area contributed by atoms with Gasteiger partial charge in [0.25, 0.3) is 5.56 Å². The zero-order chi connectivity index (χ0) is 21.0. The van der Waals surface area contributed by atoms with Gasteiger partial charge >= 0.3 is 5.97 Å². The molecule has 4 unspecified atom stereocenters. The van der Waals surface area contributed by atoms with Crippen molar-refractivity contribution in [1.82, 2.24) is 19.5 Å². The molecule has 29 heavy (non-hydrogen) atoms. The van der Waals surface area contributed by atoms with Gasteiger partial charge in [0.2, 0.25) is 5.95 Å². The quantitative estimate of drug-likeness (QED) is 0.335. The molecule has 11 nitrogen and oxygen atoms in total. The third kappa shape index (κ3) is 4.57. The number of rotatable bonds is 9. The van der Waals surface area contributed by atoms with Crippen molar-refractivity contribution in [2.24, 2.45) is 0 Å². The number of aromatic amines is 1. The van der Waals surface area contributed by atoms with Gasteiger partial charge in [-0.1, -0.05) is 32.6 Å². The SMILES string of the molecule is CCCCCCCC(=O)OC1C(O)C(CO)OC1n1cnc2c(=O)[nH]c(N)nc21. The van der Waals surface area contributed by atoms with E-state index in [1.165, 1.54) is 10.9 Å². The van der Waals surface area contributed by atoms with E-state index in [9.17, 15) is 19.8 Å². The van der Waals surface area contributed by atoms with Crippen molar-refractivity contribution in [3.8, 4) is 0 Å². The lowest BCUT2D eigenvalue weighted by molar-refractivity contribution is -0.158. The second kappa shape index (κ2) is 9.33. The average Bonchev–Trinajstić information content (AvgIpc) is 3.23. The number of hydrogen-bond donors (Lipinski definition) is 4. The molecule has 0 spiro atoms. The summed E-state index contributed by atoms with van der Waals surface area (Å²) in [7, 11) is 0. The van der Waals surface area contributed by atoms with Gasteiger partial charge in [-0.25, -0.2) is 4.98 Å². The van der Waals surface area contributed by atoms with Gasteiger partial charge in [0.15, 0.2) is 23.5 Å². The fraction of sp³-hybridized carbons (Fsp3) is 0.667. The highest BCUT2D eigenvalue weighted by molar-refractivity contribution is 5.71. The van der Waals surface area contributed by atoms with Crippen LogP contribution in [0.15, 0.2) is 11.1 Å². The van der Waals surface area contributed by atoms with Gasteiger partial charge in [-0.05, 0) is 6.42 Å². The lowest BCUT2D eigenvalue weighted by Crippen LogP contribution is -2.37. The third-order valence-corrected chi connectivity index (χ3v) is 4.97. The number of unbranched alkanes of at least 4 members (excludes halogenated alkanes) is 4. The first-order valence-electron chi connectivity index (χ1n) is 9.82. The number of nitrogens with zero attached hydrogens (tertiary/aromatic N) is 3. The Morgan fingerprint density at radius 1 is 1.38 bits per heavy atom. The maximum Gasteiger partial charge on any atom is 0.306 e. The van der Waals surface area contributed by atoms with Gasteiger partial charge in [-0.15, -0.1) is 0 Å². The number of carbonyl (C=O) groups is 1. The number of ether oxygens (including phenoxy) is 2. The molecule has 4 atom stereocenters. The van der Waals surface area contributed by atoms with E-state index in [0.717, 1.165) is 25.7 Å². The molecule has 1 fully saturated rings. The Morgan fingerprint density at radius 3 is 2.86 bits per heavy atom. The Labute approximate surface area is 166 Å². The van der Waals surface area contributed by atoms with Gasteiger partial charge in [-0.2, -0.15) is 4.98 Å². The molecule has 1 aliphatic rings. The van der Waals surface area contributed by atoms with E-state index in [1.54, 1.807) is 0 Å². The number of fused-ring (bicyclic) bond motifs is 1. The molecule has 1 saturated heterocycles. The van der Waals surface area contributed by atoms with Crippen LogP contribution in [0.3, 0.4) is 0 Å². The molecule has 1 aliphatic heterocycles. The van der Waals surface area contributed by atoms with Crippen molar-refractivity contribution in [2.75, 3.05) is 12.3 Å². The van der Waals surface area contributed by atoms with Crippen molar-refractivity contribution in [2.45, 2.75) is 70.0 Å². The molecule has 160 valence electrons. The largest absolute Gasteiger partial charge is 0.455 e. The third-order valence-electron chi connectivity index (χ3n) is 4.97. The van der Waals surface area contributed by atoms with Crippen molar-refractivity contribution < 1.29 is 24.5 Å². The zero-order valence-electron chi connectivity index (χ0n) is 16.3. The maximum atomic E-state index is 12.3. The minimum absolute atomic E-state index is 0.0331. The highest BCUT2D eigenvalue weighted by Crippen LogP contribution is 2.33. The fourth-order valence-electron chi connectivity index (χ4n) is 3.43. The number of H-pyrrole nitrogens is 1. The molecule has 0 amide bonds. The molecule has 5 N–H and O–H groups in total. The zero-order valence-corrected chi connectivity index (χ0v) is 16.3. The van der Waals surface area contributed by atoms with Crippen LogP contribution in [-0.2, 0) is 14.3 Å². The normalized spacial score (nSPS) is 24.2. The van der Waals surface area contributed by atoms with Gasteiger partial charge in [0, 0.05) is 6.42 Å². The molecule has 0 bridgehead atoms. The summed E-state index contributed by atoms with van der Waals surface area (Å²) in [5.74, 6) is -0.574. The summed E-state index contributed by atoms with van der Waals surface area (Å²) in [5, 5.41) is 20.0. The van der Waals surface area contributed by atoms with E-state index in [2.05, 4.69) is 21.9 Å². The Hall–Kier alpha value is -2.50. The molecule has 11 heteroatoms. The molecular formula is C18H27N5O6. The Kier molecular flexibility index (Phi) is 6.83. The van der Waals surface area contributed by atoms with E-state index in [4.69, 9.17) is 15.2 Å². The van der Waals surface area contributed by atoms with Crippen molar-refractivity contribution >= 4 is 23.1 Å². The minimum atomic E-state index is -1.24. The highest BCUT2D eigenvalue weighted by atomic mass is 16.6. The number of aliphatic hydroxyl groups is 2. The lowest BCUT2D eigenvalue weighted by atomic mass is 10.1. The molecule has 0 saturated carbocycles. The van der Waals surface area contributed by atoms with Gasteiger partial charge in [0.1, 0.15) is 12.2 Å². The number of nitrogens with one attached hydrogen (secondary N) is 1. The number of esters is 1. The fourth-order valence-corrected chi connectivity index (χ4v) is 3.43. The average molecular weight is 409 g/mol. The van der Waals surface area contributed by atoms with Crippen LogP contribution in [0.5, 0.6) is 0 Å². The topological polar surface area (TPSA) is 166 Å². The summed E-state index contributed by atoms with van der Waals surface area (Å²) in [5.41, 5.74) is 5.25. The summed E-state index contributed by atoms with van der Waals surface area (Å²) in [6, 6.07) is 0. The van der Waals surface area contributed by atoms with Gasteiger partial charge in [0.05, 0.1) is 12.9 Å². The van der Waals surface area contributed by atoms with E-state index >= 15 is 0 Å². The van der Waals surface area contributed by atoms with Crippen LogP contribution in [-0.4, -0.2) is 60.6 Å². The second-order valence-corrected chi connectivity index (χ2v) is 7.13. The van der Waals surface area contributed by atoms with E-state index < -0.39 is 42.7 Å². The summed E-state index contributed by atoms with van der Waals surface area (Å²) in [6.07, 6.45) is 2.12. The monoisotopic (exact) mass is 409 g/mol. The van der Waals surface area contributed by atoms with Crippen LogP contribution < -0.4 is 11.3 Å². The summed E-state index contributed by atoms with van der Waals surface area (Å²) in [6.45, 7) is 1.65. The number of anilines is 1. The summed E-state index contributed by atoms with van der Waals surface area (Å²) in [4.78, 5) is 34.7. The van der Waals surface area contributed by atoms with Gasteiger partial charge < -0.3 is 25.4 Å². The number of nitrogens with two attached hydrogens (primary N) is 1. The van der Waals surface area contributed by atoms with Crippen LogP contribution in [0.1, 0.15) is 51.7 Å². The minimum Gasteiger partial charge on any atom is -0.455 e. The van der Waals surface area contributed by atoms with E-state index in [1.807, 2.05) is 0 Å². The molecule has 0 radical (unpaired) electrons. The second-order valence-electron chi connectivity index (χ2n) is 7.13. The van der Waals surface area contributed by atoms with Crippen molar-refractivity contribution in [1.29, 1.82) is 0 Å². The predicted molar refractivity (Wildman–Crippen MR) is 103 cm³/mol. The molecule has 0 aliphatic carbocycles. The first-order chi connectivity index (χ1) is 14.0. The smallest absolute Gasteiger partial charge is 0.306 e. The first-order valence-corrected chi connectivity index (χ1v) is 9.82. The Balaban J connectivity index is 1.78. The molecule has 2 aromatic rings. The van der Waals surface area contributed by atoms with Crippen molar-refractivity contribution in [3.63, 3.8) is 0 Å². The molecule has 3 heterocycles. The molecule has 0 aromatic carbocycles. The number of hydrogen-bond acceptors (Lipinski definition) is 9. The van der Waals surface area contributed by atoms with Crippen LogP contribution in [0.25, 0.3) is 11.2 Å². The summed E-state index contributed by atoms with van der Waals surface area (Å²) < 4.78 is 12.5. The number of nitrogen functional groups attached to an aromatic ring is 1. The molecule has 2 aromatic heterocycles. The number of aromatic nitrogens is 4.